The SMILES string of the molecule is CCc1ccccc1C(C(=O)O)N1CCC(O)(c2ccccc2)CC1. The van der Waals surface area contributed by atoms with Crippen molar-refractivity contribution in [3.63, 3.8) is 0 Å². The smallest absolute Gasteiger partial charge is 0.325 e. The number of benzene rings is 2. The molecule has 4 nitrogen and oxygen atoms in total. The molecule has 2 N–H and O–H groups in total. The molecule has 1 heterocycles. The molecule has 0 radical (unpaired) electrons. The van der Waals surface area contributed by atoms with E-state index in [1.54, 1.807) is 0 Å². The Morgan fingerprint density at radius 1 is 1.08 bits per heavy atom. The van der Waals surface area contributed by atoms with Crippen LogP contribution in [0, 0.1) is 0 Å². The molecule has 3 rings (SSSR count). The van der Waals surface area contributed by atoms with Crippen molar-refractivity contribution in [2.45, 2.75) is 37.8 Å². The fourth-order valence-corrected chi connectivity index (χ4v) is 3.80. The van der Waals surface area contributed by atoms with Crippen LogP contribution in [0.5, 0.6) is 0 Å². The number of piperidine rings is 1. The minimum atomic E-state index is -0.870. The molecule has 4 heteroatoms. The van der Waals surface area contributed by atoms with Gasteiger partial charge in [0.2, 0.25) is 0 Å². The Hall–Kier alpha value is -2.17. The molecule has 0 aliphatic carbocycles. The summed E-state index contributed by atoms with van der Waals surface area (Å²) in [5, 5.41) is 20.8. The molecule has 1 saturated heterocycles. The van der Waals surface area contributed by atoms with Crippen LogP contribution in [0.25, 0.3) is 0 Å². The Balaban J connectivity index is 1.81. The van der Waals surface area contributed by atoms with Gasteiger partial charge in [-0.25, -0.2) is 0 Å². The average molecular weight is 339 g/mol. The third-order valence-corrected chi connectivity index (χ3v) is 5.27. The molecule has 1 fully saturated rings. The first-order valence-corrected chi connectivity index (χ1v) is 8.88. The van der Waals surface area contributed by atoms with E-state index in [1.165, 1.54) is 0 Å². The second-order valence-corrected chi connectivity index (χ2v) is 6.73. The first kappa shape index (κ1) is 17.6. The third-order valence-electron chi connectivity index (χ3n) is 5.27. The van der Waals surface area contributed by atoms with Crippen molar-refractivity contribution in [3.05, 3.63) is 71.3 Å². The van der Waals surface area contributed by atoms with Gasteiger partial charge in [0.1, 0.15) is 6.04 Å². The lowest BCUT2D eigenvalue weighted by atomic mass is 9.83. The van der Waals surface area contributed by atoms with E-state index >= 15 is 0 Å². The summed E-state index contributed by atoms with van der Waals surface area (Å²) in [5.74, 6) is -0.828. The zero-order valence-electron chi connectivity index (χ0n) is 14.6. The summed E-state index contributed by atoms with van der Waals surface area (Å²) >= 11 is 0. The Morgan fingerprint density at radius 2 is 1.68 bits per heavy atom. The summed E-state index contributed by atoms with van der Waals surface area (Å²) in [5.41, 5.74) is 1.97. The van der Waals surface area contributed by atoms with Gasteiger partial charge in [-0.3, -0.25) is 9.69 Å². The molecule has 0 saturated carbocycles. The van der Waals surface area contributed by atoms with Crippen LogP contribution in [-0.4, -0.2) is 34.2 Å². The van der Waals surface area contributed by atoms with Crippen LogP contribution >= 0.6 is 0 Å². The van der Waals surface area contributed by atoms with Crippen LogP contribution in [-0.2, 0) is 16.8 Å². The number of carbonyl (C=O) groups is 1. The lowest BCUT2D eigenvalue weighted by molar-refractivity contribution is -0.146. The van der Waals surface area contributed by atoms with Gasteiger partial charge in [0.15, 0.2) is 0 Å². The maximum absolute atomic E-state index is 12.0. The Labute approximate surface area is 148 Å². The second kappa shape index (κ2) is 7.38. The quantitative estimate of drug-likeness (QED) is 0.877. The highest BCUT2D eigenvalue weighted by Gasteiger charge is 2.38. The molecule has 0 amide bonds. The molecule has 1 aliphatic rings. The van der Waals surface area contributed by atoms with E-state index in [0.717, 1.165) is 23.1 Å². The molecule has 2 aromatic rings. The van der Waals surface area contributed by atoms with Gasteiger partial charge < -0.3 is 10.2 Å². The van der Waals surface area contributed by atoms with Crippen molar-refractivity contribution in [2.24, 2.45) is 0 Å². The molecule has 1 aliphatic heterocycles. The Bertz CT molecular complexity index is 721. The molecule has 1 atom stereocenters. The van der Waals surface area contributed by atoms with Crippen LogP contribution in [0.3, 0.4) is 0 Å². The number of nitrogens with zero attached hydrogens (tertiary/aromatic N) is 1. The van der Waals surface area contributed by atoms with Crippen LogP contribution in [0.1, 0.15) is 42.5 Å². The normalized spacial score (nSPS) is 18.6. The number of aliphatic carboxylic acids is 1. The Kier molecular flexibility index (Phi) is 5.21. The topological polar surface area (TPSA) is 60.8 Å². The average Bonchev–Trinajstić information content (AvgIpc) is 2.64. The van der Waals surface area contributed by atoms with Gasteiger partial charge in [0.25, 0.3) is 0 Å². The molecule has 1 unspecified atom stereocenters. The maximum atomic E-state index is 12.0. The molecule has 2 aromatic carbocycles. The molecule has 0 spiro atoms. The highest BCUT2D eigenvalue weighted by atomic mass is 16.4. The van der Waals surface area contributed by atoms with E-state index in [1.807, 2.05) is 66.4 Å². The van der Waals surface area contributed by atoms with Gasteiger partial charge in [-0.15, -0.1) is 0 Å². The van der Waals surface area contributed by atoms with Crippen molar-refractivity contribution in [3.8, 4) is 0 Å². The lowest BCUT2D eigenvalue weighted by Gasteiger charge is -2.41. The summed E-state index contributed by atoms with van der Waals surface area (Å²) in [4.78, 5) is 14.0. The molecule has 25 heavy (non-hydrogen) atoms. The predicted molar refractivity (Wildman–Crippen MR) is 97.3 cm³/mol. The van der Waals surface area contributed by atoms with E-state index in [0.29, 0.717) is 25.9 Å². The second-order valence-electron chi connectivity index (χ2n) is 6.73. The van der Waals surface area contributed by atoms with Crippen LogP contribution in [0.4, 0.5) is 0 Å². The molecular formula is C21H25NO3. The summed E-state index contributed by atoms with van der Waals surface area (Å²) in [6, 6.07) is 16.8. The molecule has 132 valence electrons. The number of likely N-dealkylation sites (tertiary alicyclic amines) is 1. The number of aliphatic hydroxyl groups is 1. The van der Waals surface area contributed by atoms with Gasteiger partial charge in [-0.05, 0) is 36.0 Å². The van der Waals surface area contributed by atoms with Gasteiger partial charge in [0, 0.05) is 13.1 Å². The number of hydrogen-bond acceptors (Lipinski definition) is 3. The van der Waals surface area contributed by atoms with E-state index in [4.69, 9.17) is 0 Å². The van der Waals surface area contributed by atoms with Crippen molar-refractivity contribution < 1.29 is 15.0 Å². The van der Waals surface area contributed by atoms with E-state index in [2.05, 4.69) is 0 Å². The zero-order valence-corrected chi connectivity index (χ0v) is 14.6. The number of carboxylic acid groups (broad SMARTS) is 1. The van der Waals surface area contributed by atoms with Gasteiger partial charge >= 0.3 is 5.97 Å². The highest BCUT2D eigenvalue weighted by Crippen LogP contribution is 2.36. The van der Waals surface area contributed by atoms with Crippen molar-refractivity contribution >= 4 is 5.97 Å². The third kappa shape index (κ3) is 3.60. The van der Waals surface area contributed by atoms with Crippen molar-refractivity contribution in [1.29, 1.82) is 0 Å². The van der Waals surface area contributed by atoms with E-state index in [-0.39, 0.29) is 0 Å². The van der Waals surface area contributed by atoms with E-state index in [9.17, 15) is 15.0 Å². The standard InChI is InChI=1S/C21H25NO3/c1-2-16-8-6-7-11-18(16)19(20(23)24)22-14-12-21(25,13-15-22)17-9-4-3-5-10-17/h3-11,19,25H,2,12-15H2,1H3,(H,23,24). The number of hydrogen-bond donors (Lipinski definition) is 2. The fourth-order valence-electron chi connectivity index (χ4n) is 3.80. The molecular weight excluding hydrogens is 314 g/mol. The Morgan fingerprint density at radius 3 is 2.28 bits per heavy atom. The number of rotatable bonds is 5. The summed E-state index contributed by atoms with van der Waals surface area (Å²) in [6.45, 7) is 3.16. The van der Waals surface area contributed by atoms with Crippen LogP contribution in [0.15, 0.2) is 54.6 Å². The van der Waals surface area contributed by atoms with Gasteiger partial charge in [-0.2, -0.15) is 0 Å². The van der Waals surface area contributed by atoms with Gasteiger partial charge in [-0.1, -0.05) is 61.5 Å². The van der Waals surface area contributed by atoms with E-state index < -0.39 is 17.6 Å². The number of aryl methyl sites for hydroxylation is 1. The largest absolute Gasteiger partial charge is 0.480 e. The minimum Gasteiger partial charge on any atom is -0.480 e. The van der Waals surface area contributed by atoms with Gasteiger partial charge in [0.05, 0.1) is 5.60 Å². The first-order valence-electron chi connectivity index (χ1n) is 8.88. The lowest BCUT2D eigenvalue weighted by Crippen LogP contribution is -2.46. The number of carboxylic acids is 1. The van der Waals surface area contributed by atoms with Crippen LogP contribution in [0.2, 0.25) is 0 Å². The zero-order chi connectivity index (χ0) is 17.9. The predicted octanol–water partition coefficient (Wildman–Crippen LogP) is 3.36. The fraction of sp³-hybridized carbons (Fsp3) is 0.381. The van der Waals surface area contributed by atoms with Crippen molar-refractivity contribution in [2.75, 3.05) is 13.1 Å². The molecule has 0 aromatic heterocycles. The highest BCUT2D eigenvalue weighted by molar-refractivity contribution is 5.76. The van der Waals surface area contributed by atoms with Crippen molar-refractivity contribution in [1.82, 2.24) is 4.90 Å². The summed E-state index contributed by atoms with van der Waals surface area (Å²) in [7, 11) is 0. The monoisotopic (exact) mass is 339 g/mol. The summed E-state index contributed by atoms with van der Waals surface area (Å²) in [6.07, 6.45) is 1.88. The van der Waals surface area contributed by atoms with Crippen LogP contribution < -0.4 is 0 Å². The minimum absolute atomic E-state index is 0.537. The first-order chi connectivity index (χ1) is 12.0. The summed E-state index contributed by atoms with van der Waals surface area (Å²) < 4.78 is 0. The maximum Gasteiger partial charge on any atom is 0.325 e. The molecule has 0 bridgehead atoms.